The molecule has 2 amide bonds. The molecule has 1 unspecified atom stereocenters. The SMILES string of the molecule is CCCCN(CC(=O)N1CCc2sccc2C1c1ccccc1)C(=O)c1cccc(OC)c1. The van der Waals surface area contributed by atoms with Gasteiger partial charge in [0.05, 0.1) is 13.2 Å². The molecule has 0 bridgehead atoms. The second-order valence-electron chi connectivity index (χ2n) is 8.26. The molecule has 33 heavy (non-hydrogen) atoms. The fraction of sp³-hybridized carbons (Fsp3) is 0.333. The van der Waals surface area contributed by atoms with Crippen LogP contribution in [0, 0.1) is 0 Å². The summed E-state index contributed by atoms with van der Waals surface area (Å²) in [6.45, 7) is 3.36. The van der Waals surface area contributed by atoms with Crippen LogP contribution in [0.25, 0.3) is 0 Å². The number of methoxy groups -OCH3 is 1. The summed E-state index contributed by atoms with van der Waals surface area (Å²) in [5.74, 6) is 0.473. The van der Waals surface area contributed by atoms with E-state index in [-0.39, 0.29) is 24.4 Å². The molecule has 1 aromatic heterocycles. The predicted molar refractivity (Wildman–Crippen MR) is 132 cm³/mol. The Morgan fingerprint density at radius 3 is 2.70 bits per heavy atom. The molecule has 4 rings (SSSR count). The molecule has 172 valence electrons. The average molecular weight is 463 g/mol. The van der Waals surface area contributed by atoms with E-state index in [1.807, 2.05) is 29.2 Å². The molecule has 0 fully saturated rings. The summed E-state index contributed by atoms with van der Waals surface area (Å²) in [5.41, 5.74) is 2.84. The molecule has 0 aliphatic carbocycles. The molecular formula is C27H30N2O3S. The minimum absolute atomic E-state index is 0.0203. The number of nitrogens with zero attached hydrogens (tertiary/aromatic N) is 2. The lowest BCUT2D eigenvalue weighted by atomic mass is 9.93. The molecule has 0 saturated heterocycles. The van der Waals surface area contributed by atoms with Gasteiger partial charge in [0.1, 0.15) is 12.3 Å². The van der Waals surface area contributed by atoms with Gasteiger partial charge in [-0.2, -0.15) is 0 Å². The van der Waals surface area contributed by atoms with Gasteiger partial charge in [0.2, 0.25) is 5.91 Å². The second-order valence-corrected chi connectivity index (χ2v) is 9.26. The molecule has 3 aromatic rings. The highest BCUT2D eigenvalue weighted by Crippen LogP contribution is 2.37. The molecule has 0 saturated carbocycles. The van der Waals surface area contributed by atoms with E-state index in [0.717, 1.165) is 24.8 Å². The number of fused-ring (bicyclic) bond motifs is 1. The quantitative estimate of drug-likeness (QED) is 0.464. The Hall–Kier alpha value is -3.12. The van der Waals surface area contributed by atoms with Gasteiger partial charge in [-0.1, -0.05) is 49.7 Å². The first kappa shape index (κ1) is 23.1. The zero-order chi connectivity index (χ0) is 23.2. The van der Waals surface area contributed by atoms with Crippen molar-refractivity contribution in [3.63, 3.8) is 0 Å². The molecule has 5 nitrogen and oxygen atoms in total. The third kappa shape index (κ3) is 5.11. The molecule has 2 aromatic carbocycles. The van der Waals surface area contributed by atoms with Crippen LogP contribution in [0.2, 0.25) is 0 Å². The van der Waals surface area contributed by atoms with Crippen molar-refractivity contribution in [1.82, 2.24) is 9.80 Å². The maximum atomic E-state index is 13.7. The first-order chi connectivity index (χ1) is 16.1. The standard InChI is InChI=1S/C27H30N2O3S/c1-3-4-15-28(27(31)21-11-8-12-22(18-21)32-2)19-25(30)29-16-13-24-23(14-17-33-24)26(29)20-9-6-5-7-10-20/h5-12,14,17-18,26H,3-4,13,15-16,19H2,1-2H3. The van der Waals surface area contributed by atoms with Crippen molar-refractivity contribution in [2.75, 3.05) is 26.7 Å². The number of rotatable bonds is 8. The first-order valence-electron chi connectivity index (χ1n) is 11.5. The lowest BCUT2D eigenvalue weighted by molar-refractivity contribution is -0.134. The van der Waals surface area contributed by atoms with Crippen molar-refractivity contribution in [2.24, 2.45) is 0 Å². The Kier molecular flexibility index (Phi) is 7.45. The van der Waals surface area contributed by atoms with Crippen LogP contribution in [-0.4, -0.2) is 48.4 Å². The number of unbranched alkanes of at least 4 members (excludes halogenated alkanes) is 1. The van der Waals surface area contributed by atoms with E-state index < -0.39 is 0 Å². The molecule has 0 radical (unpaired) electrons. The lowest BCUT2D eigenvalue weighted by Gasteiger charge is -2.37. The van der Waals surface area contributed by atoms with Crippen molar-refractivity contribution in [1.29, 1.82) is 0 Å². The monoisotopic (exact) mass is 462 g/mol. The number of amides is 2. The summed E-state index contributed by atoms with van der Waals surface area (Å²) in [6, 6.07) is 19.3. The van der Waals surface area contributed by atoms with Crippen LogP contribution < -0.4 is 4.74 Å². The van der Waals surface area contributed by atoms with Gasteiger partial charge in [0.25, 0.3) is 5.91 Å². The predicted octanol–water partition coefficient (Wildman–Crippen LogP) is 5.17. The van der Waals surface area contributed by atoms with Crippen LogP contribution in [0.1, 0.15) is 52.2 Å². The number of thiophene rings is 1. The number of benzene rings is 2. The van der Waals surface area contributed by atoms with Gasteiger partial charge in [-0.3, -0.25) is 9.59 Å². The van der Waals surface area contributed by atoms with Crippen LogP contribution in [-0.2, 0) is 11.2 Å². The number of carbonyl (C=O) groups is 2. The molecule has 1 aliphatic heterocycles. The van der Waals surface area contributed by atoms with E-state index in [9.17, 15) is 9.59 Å². The van der Waals surface area contributed by atoms with Crippen molar-refractivity contribution in [3.8, 4) is 5.75 Å². The Bertz CT molecular complexity index is 1100. The van der Waals surface area contributed by atoms with E-state index in [4.69, 9.17) is 4.74 Å². The molecule has 6 heteroatoms. The fourth-order valence-electron chi connectivity index (χ4n) is 4.37. The van der Waals surface area contributed by atoms with Crippen molar-refractivity contribution in [2.45, 2.75) is 32.2 Å². The van der Waals surface area contributed by atoms with Crippen LogP contribution in [0.4, 0.5) is 0 Å². The number of hydrogen-bond acceptors (Lipinski definition) is 4. The van der Waals surface area contributed by atoms with Crippen LogP contribution in [0.5, 0.6) is 5.75 Å². The molecule has 1 aliphatic rings. The van der Waals surface area contributed by atoms with Crippen molar-refractivity contribution in [3.05, 3.63) is 87.6 Å². The normalized spacial score (nSPS) is 15.1. The van der Waals surface area contributed by atoms with Gasteiger partial charge < -0.3 is 14.5 Å². The highest BCUT2D eigenvalue weighted by molar-refractivity contribution is 7.10. The van der Waals surface area contributed by atoms with E-state index in [1.54, 1.807) is 41.5 Å². The van der Waals surface area contributed by atoms with E-state index >= 15 is 0 Å². The molecule has 2 heterocycles. The second kappa shape index (κ2) is 10.7. The average Bonchev–Trinajstić information content (AvgIpc) is 3.35. The van der Waals surface area contributed by atoms with E-state index in [2.05, 4.69) is 30.5 Å². The van der Waals surface area contributed by atoms with Gasteiger partial charge in [0, 0.05) is 23.5 Å². The Labute approximate surface area is 199 Å². The minimum Gasteiger partial charge on any atom is -0.497 e. The zero-order valence-corrected chi connectivity index (χ0v) is 20.0. The summed E-state index contributed by atoms with van der Waals surface area (Å²) in [7, 11) is 1.58. The van der Waals surface area contributed by atoms with Gasteiger partial charge in [-0.25, -0.2) is 0 Å². The van der Waals surface area contributed by atoms with Crippen molar-refractivity contribution >= 4 is 23.2 Å². The summed E-state index contributed by atoms with van der Waals surface area (Å²) < 4.78 is 5.29. The first-order valence-corrected chi connectivity index (χ1v) is 12.3. The highest BCUT2D eigenvalue weighted by atomic mass is 32.1. The van der Waals surface area contributed by atoms with Crippen LogP contribution >= 0.6 is 11.3 Å². The Morgan fingerprint density at radius 2 is 1.94 bits per heavy atom. The zero-order valence-electron chi connectivity index (χ0n) is 19.2. The summed E-state index contributed by atoms with van der Waals surface area (Å²) >= 11 is 1.75. The minimum atomic E-state index is -0.139. The number of carbonyl (C=O) groups excluding carboxylic acids is 2. The summed E-state index contributed by atoms with van der Waals surface area (Å²) in [6.07, 6.45) is 2.64. The highest BCUT2D eigenvalue weighted by Gasteiger charge is 2.34. The van der Waals surface area contributed by atoms with Crippen LogP contribution in [0.3, 0.4) is 0 Å². The molecule has 1 atom stereocenters. The Balaban J connectivity index is 1.59. The number of hydrogen-bond donors (Lipinski definition) is 0. The fourth-order valence-corrected chi connectivity index (χ4v) is 5.28. The summed E-state index contributed by atoms with van der Waals surface area (Å²) in [5, 5.41) is 2.11. The molecule has 0 N–H and O–H groups in total. The third-order valence-corrected chi connectivity index (χ3v) is 7.11. The van der Waals surface area contributed by atoms with E-state index in [1.165, 1.54) is 10.4 Å². The Morgan fingerprint density at radius 1 is 1.12 bits per heavy atom. The lowest BCUT2D eigenvalue weighted by Crippen LogP contribution is -2.47. The molecular weight excluding hydrogens is 432 g/mol. The van der Waals surface area contributed by atoms with Gasteiger partial charge in [0.15, 0.2) is 0 Å². The molecule has 0 spiro atoms. The smallest absolute Gasteiger partial charge is 0.254 e. The van der Waals surface area contributed by atoms with Gasteiger partial charge in [-0.15, -0.1) is 11.3 Å². The third-order valence-electron chi connectivity index (χ3n) is 6.11. The van der Waals surface area contributed by atoms with E-state index in [0.29, 0.717) is 24.4 Å². The van der Waals surface area contributed by atoms with Crippen molar-refractivity contribution < 1.29 is 14.3 Å². The largest absolute Gasteiger partial charge is 0.497 e. The topological polar surface area (TPSA) is 49.9 Å². The summed E-state index contributed by atoms with van der Waals surface area (Å²) in [4.78, 5) is 32.0. The maximum absolute atomic E-state index is 13.7. The van der Waals surface area contributed by atoms with Crippen LogP contribution in [0.15, 0.2) is 66.0 Å². The maximum Gasteiger partial charge on any atom is 0.254 e. The van der Waals surface area contributed by atoms with Gasteiger partial charge in [-0.05, 0) is 53.6 Å². The number of ether oxygens (including phenoxy) is 1. The van der Waals surface area contributed by atoms with Gasteiger partial charge >= 0.3 is 0 Å².